The topological polar surface area (TPSA) is 89.3 Å². The Balaban J connectivity index is 1.35. The lowest BCUT2D eigenvalue weighted by Gasteiger charge is -2.37. The first-order valence-corrected chi connectivity index (χ1v) is 11.8. The third kappa shape index (κ3) is 4.31. The molecule has 5 rings (SSSR count). The van der Waals surface area contributed by atoms with E-state index in [9.17, 15) is 9.59 Å². The summed E-state index contributed by atoms with van der Waals surface area (Å²) in [5.74, 6) is 0.153. The number of fused-ring (bicyclic) bond motifs is 2. The van der Waals surface area contributed by atoms with E-state index in [4.69, 9.17) is 32.7 Å². The molecule has 0 aliphatic carbocycles. The van der Waals surface area contributed by atoms with Gasteiger partial charge in [-0.3, -0.25) is 14.2 Å². The average molecular weight is 504 g/mol. The van der Waals surface area contributed by atoms with Crippen molar-refractivity contribution in [2.75, 3.05) is 37.7 Å². The van der Waals surface area contributed by atoms with Crippen LogP contribution in [0.2, 0.25) is 10.0 Å². The van der Waals surface area contributed by atoms with Gasteiger partial charge in [-0.15, -0.1) is 0 Å². The van der Waals surface area contributed by atoms with E-state index in [2.05, 4.69) is 9.97 Å². The maximum Gasteiger partial charge on any atom is 0.358 e. The Morgan fingerprint density at radius 3 is 2.91 bits per heavy atom. The van der Waals surface area contributed by atoms with Gasteiger partial charge in [0.05, 0.1) is 32.2 Å². The Hall–Kier alpha value is -2.88. The molecule has 2 aliphatic rings. The Morgan fingerprint density at radius 1 is 1.24 bits per heavy atom. The molecule has 9 nitrogen and oxygen atoms in total. The van der Waals surface area contributed by atoms with Gasteiger partial charge in [-0.25, -0.2) is 9.78 Å². The van der Waals surface area contributed by atoms with Crippen LogP contribution < -0.4 is 4.90 Å². The lowest BCUT2D eigenvalue weighted by Crippen LogP contribution is -2.52. The van der Waals surface area contributed by atoms with Crippen LogP contribution in [0.25, 0.3) is 5.65 Å². The number of ether oxygens (including phenoxy) is 2. The number of imidazole rings is 1. The fraction of sp³-hybridized carbons (Fsp3) is 0.391. The maximum absolute atomic E-state index is 13.4. The number of benzene rings is 1. The minimum Gasteiger partial charge on any atom is -0.461 e. The standard InChI is InChI=1S/C23H23Cl2N5O4/c1-2-33-23(32)18-12-30-20(27-18)9-26-10-21(30)28-5-6-34-19(13-28)22(31)29-4-3-14-7-15(24)8-17(25)16(14)11-29/h7-10,12,19H,2-6,11,13H2,1H3. The molecule has 1 amide bonds. The number of amides is 1. The van der Waals surface area contributed by atoms with Crippen LogP contribution in [0.15, 0.2) is 30.7 Å². The fourth-order valence-electron chi connectivity index (χ4n) is 4.42. The molecule has 34 heavy (non-hydrogen) atoms. The van der Waals surface area contributed by atoms with Crippen LogP contribution in [0.1, 0.15) is 28.5 Å². The van der Waals surface area contributed by atoms with Gasteiger partial charge in [-0.1, -0.05) is 23.2 Å². The highest BCUT2D eigenvalue weighted by Crippen LogP contribution is 2.30. The molecule has 0 saturated carbocycles. The van der Waals surface area contributed by atoms with E-state index >= 15 is 0 Å². The van der Waals surface area contributed by atoms with Gasteiger partial charge in [0.25, 0.3) is 5.91 Å². The molecule has 11 heteroatoms. The summed E-state index contributed by atoms with van der Waals surface area (Å²) in [6.45, 7) is 4.32. The number of nitrogens with zero attached hydrogens (tertiary/aromatic N) is 5. The third-order valence-electron chi connectivity index (χ3n) is 6.07. The van der Waals surface area contributed by atoms with Crippen LogP contribution in [-0.2, 0) is 27.2 Å². The maximum atomic E-state index is 13.4. The highest BCUT2D eigenvalue weighted by atomic mass is 35.5. The summed E-state index contributed by atoms with van der Waals surface area (Å²) in [7, 11) is 0. The molecule has 0 spiro atoms. The second-order valence-corrected chi connectivity index (χ2v) is 9.02. The molecule has 178 valence electrons. The predicted molar refractivity (Wildman–Crippen MR) is 126 cm³/mol. The monoisotopic (exact) mass is 503 g/mol. The first kappa shape index (κ1) is 22.9. The van der Waals surface area contributed by atoms with Gasteiger partial charge in [-0.2, -0.15) is 0 Å². The Labute approximate surface area is 206 Å². The zero-order valence-corrected chi connectivity index (χ0v) is 20.1. The van der Waals surface area contributed by atoms with E-state index < -0.39 is 12.1 Å². The molecule has 1 unspecified atom stereocenters. The van der Waals surface area contributed by atoms with Crippen molar-refractivity contribution in [3.63, 3.8) is 0 Å². The van der Waals surface area contributed by atoms with Crippen LogP contribution in [0.4, 0.5) is 5.82 Å². The number of halogens is 2. The van der Waals surface area contributed by atoms with Crippen molar-refractivity contribution in [2.45, 2.75) is 26.0 Å². The van der Waals surface area contributed by atoms with Crippen molar-refractivity contribution in [1.82, 2.24) is 19.3 Å². The second-order valence-electron chi connectivity index (χ2n) is 8.18. The van der Waals surface area contributed by atoms with Crippen LogP contribution in [0.3, 0.4) is 0 Å². The van der Waals surface area contributed by atoms with E-state index in [-0.39, 0.29) is 18.2 Å². The van der Waals surface area contributed by atoms with Gasteiger partial charge in [0.2, 0.25) is 0 Å². The summed E-state index contributed by atoms with van der Waals surface area (Å²) in [5.41, 5.74) is 2.73. The molecule has 1 atom stereocenters. The molecule has 1 fully saturated rings. The molecule has 1 aromatic carbocycles. The third-order valence-corrected chi connectivity index (χ3v) is 6.63. The lowest BCUT2D eigenvalue weighted by molar-refractivity contribution is -0.145. The fourth-order valence-corrected chi connectivity index (χ4v) is 5.02. The zero-order chi connectivity index (χ0) is 23.8. The van der Waals surface area contributed by atoms with Crippen molar-refractivity contribution in [1.29, 1.82) is 0 Å². The molecule has 0 N–H and O–H groups in total. The number of hydrogen-bond donors (Lipinski definition) is 0. The van der Waals surface area contributed by atoms with Crippen molar-refractivity contribution in [2.24, 2.45) is 0 Å². The molecule has 0 bridgehead atoms. The SMILES string of the molecule is CCOC(=O)c1cn2c(N3CCOC(C(=O)N4CCc5cc(Cl)cc(Cl)c5C4)C3)cncc2n1. The number of morpholine rings is 1. The first-order chi connectivity index (χ1) is 16.4. The minimum absolute atomic E-state index is 0.0839. The van der Waals surface area contributed by atoms with Crippen molar-refractivity contribution >= 4 is 46.5 Å². The van der Waals surface area contributed by atoms with Gasteiger partial charge >= 0.3 is 5.97 Å². The molecule has 0 radical (unpaired) electrons. The van der Waals surface area contributed by atoms with Crippen molar-refractivity contribution < 1.29 is 19.1 Å². The molecule has 1 saturated heterocycles. The summed E-state index contributed by atoms with van der Waals surface area (Å²) in [6.07, 6.45) is 4.95. The summed E-state index contributed by atoms with van der Waals surface area (Å²) >= 11 is 12.5. The number of hydrogen-bond acceptors (Lipinski definition) is 7. The minimum atomic E-state index is -0.635. The molecule has 3 aromatic rings. The number of aromatic nitrogens is 3. The van der Waals surface area contributed by atoms with Gasteiger partial charge in [0.1, 0.15) is 5.82 Å². The number of esters is 1. The molecule has 2 aliphatic heterocycles. The Kier molecular flexibility index (Phi) is 6.33. The van der Waals surface area contributed by atoms with Gasteiger partial charge < -0.3 is 19.3 Å². The van der Waals surface area contributed by atoms with Gasteiger partial charge in [0, 0.05) is 35.9 Å². The molecular formula is C23H23Cl2N5O4. The molecule has 2 aromatic heterocycles. The van der Waals surface area contributed by atoms with Crippen LogP contribution in [-0.4, -0.2) is 70.1 Å². The van der Waals surface area contributed by atoms with E-state index in [1.807, 2.05) is 11.0 Å². The summed E-state index contributed by atoms with van der Waals surface area (Å²) in [4.78, 5) is 37.9. The number of rotatable bonds is 4. The van der Waals surface area contributed by atoms with Crippen molar-refractivity contribution in [3.8, 4) is 0 Å². The molecule has 4 heterocycles. The highest BCUT2D eigenvalue weighted by Gasteiger charge is 2.33. The number of anilines is 1. The summed E-state index contributed by atoms with van der Waals surface area (Å²) in [6, 6.07) is 3.62. The first-order valence-electron chi connectivity index (χ1n) is 11.1. The number of carbonyl (C=O) groups is 2. The van der Waals surface area contributed by atoms with Gasteiger partial charge in [0.15, 0.2) is 17.4 Å². The van der Waals surface area contributed by atoms with E-state index in [1.54, 1.807) is 40.9 Å². The highest BCUT2D eigenvalue weighted by molar-refractivity contribution is 6.35. The quantitative estimate of drug-likeness (QED) is 0.505. The lowest BCUT2D eigenvalue weighted by atomic mass is 9.99. The van der Waals surface area contributed by atoms with E-state index in [0.29, 0.717) is 54.9 Å². The molecular weight excluding hydrogens is 481 g/mol. The predicted octanol–water partition coefficient (Wildman–Crippen LogP) is 3.00. The van der Waals surface area contributed by atoms with Gasteiger partial charge in [-0.05, 0) is 36.6 Å². The van der Waals surface area contributed by atoms with Crippen LogP contribution in [0.5, 0.6) is 0 Å². The normalized spacial score (nSPS) is 18.1. The number of carbonyl (C=O) groups excluding carboxylic acids is 2. The van der Waals surface area contributed by atoms with E-state index in [0.717, 1.165) is 16.9 Å². The summed E-state index contributed by atoms with van der Waals surface area (Å²) in [5, 5.41) is 1.17. The van der Waals surface area contributed by atoms with Crippen LogP contribution >= 0.6 is 23.2 Å². The largest absolute Gasteiger partial charge is 0.461 e. The second kappa shape index (κ2) is 9.40. The average Bonchev–Trinajstić information content (AvgIpc) is 3.28. The van der Waals surface area contributed by atoms with E-state index in [1.165, 1.54) is 0 Å². The Morgan fingerprint density at radius 2 is 2.09 bits per heavy atom. The Bertz CT molecular complexity index is 1260. The zero-order valence-electron chi connectivity index (χ0n) is 18.5. The van der Waals surface area contributed by atoms with Crippen molar-refractivity contribution in [3.05, 3.63) is 57.6 Å². The summed E-state index contributed by atoms with van der Waals surface area (Å²) < 4.78 is 12.7. The van der Waals surface area contributed by atoms with Crippen LogP contribution in [0, 0.1) is 0 Å². The smallest absolute Gasteiger partial charge is 0.358 e.